The van der Waals surface area contributed by atoms with Crippen molar-refractivity contribution in [3.63, 3.8) is 0 Å². The van der Waals surface area contributed by atoms with Crippen LogP contribution >= 0.6 is 0 Å². The van der Waals surface area contributed by atoms with Gasteiger partial charge >= 0.3 is 0 Å². The van der Waals surface area contributed by atoms with E-state index in [1.54, 1.807) is 6.34 Å². The molecule has 3 aliphatic heterocycles. The Hall–Kier alpha value is -2.34. The Morgan fingerprint density at radius 3 is 2.62 bits per heavy atom. The Bertz CT molecular complexity index is 1180. The second-order valence-electron chi connectivity index (χ2n) is 12.2. The highest BCUT2D eigenvalue weighted by Crippen LogP contribution is 2.37. The van der Waals surface area contributed by atoms with Crippen LogP contribution in [0.5, 0.6) is 0 Å². The second-order valence-corrected chi connectivity index (χ2v) is 12.2. The van der Waals surface area contributed by atoms with Crippen molar-refractivity contribution in [3.8, 4) is 0 Å². The lowest BCUT2D eigenvalue weighted by atomic mass is 9.81. The monoisotopic (exact) mass is 528 g/mol. The number of ether oxygens (including phenoxy) is 1. The van der Waals surface area contributed by atoms with Gasteiger partial charge in [0, 0.05) is 18.7 Å². The number of benzene rings is 1. The van der Waals surface area contributed by atoms with Crippen LogP contribution in [0.1, 0.15) is 82.4 Å². The van der Waals surface area contributed by atoms with Gasteiger partial charge in [0.25, 0.3) is 0 Å². The van der Waals surface area contributed by atoms with Crippen molar-refractivity contribution in [3.05, 3.63) is 63.8 Å². The molecule has 1 unspecified atom stereocenters. The van der Waals surface area contributed by atoms with E-state index in [4.69, 9.17) is 4.74 Å². The van der Waals surface area contributed by atoms with Crippen molar-refractivity contribution in [1.82, 2.24) is 10.2 Å². The Balaban J connectivity index is 1.52. The maximum Gasteiger partial charge on any atom is 0.110 e. The normalized spacial score (nSPS) is 26.4. The minimum absolute atomic E-state index is 0.351. The molecule has 1 N–H and O–H groups in total. The number of nitrogens with one attached hydrogen (secondary N) is 1. The van der Waals surface area contributed by atoms with Gasteiger partial charge in [-0.1, -0.05) is 51.1 Å². The van der Waals surface area contributed by atoms with Crippen LogP contribution in [0.2, 0.25) is 0 Å². The van der Waals surface area contributed by atoms with E-state index in [-0.39, 0.29) is 0 Å². The van der Waals surface area contributed by atoms with E-state index in [0.717, 1.165) is 45.6 Å². The third kappa shape index (κ3) is 6.53. The zero-order chi connectivity index (χ0) is 27.4. The SMILES string of the molecule is CCNCC(=C(\c1cc(C2CCN(C3COC3)CC2)ccc1C)C(C)C)/C1=C/CCC2CC(=NC=N2)/C(C)=C\1. The van der Waals surface area contributed by atoms with Crippen LogP contribution in [0.25, 0.3) is 5.57 Å². The molecule has 210 valence electrons. The van der Waals surface area contributed by atoms with Gasteiger partial charge in [-0.15, -0.1) is 0 Å². The van der Waals surface area contributed by atoms with E-state index >= 15 is 0 Å². The van der Waals surface area contributed by atoms with E-state index in [9.17, 15) is 0 Å². The Morgan fingerprint density at radius 1 is 1.13 bits per heavy atom. The van der Waals surface area contributed by atoms with Crippen LogP contribution in [0.15, 0.2) is 57.1 Å². The first-order valence-corrected chi connectivity index (χ1v) is 15.3. The maximum atomic E-state index is 5.45. The molecule has 39 heavy (non-hydrogen) atoms. The first kappa shape index (κ1) is 28.2. The van der Waals surface area contributed by atoms with Crippen LogP contribution in [-0.4, -0.2) is 68.4 Å². The number of fused-ring (bicyclic) bond motifs is 2. The van der Waals surface area contributed by atoms with E-state index in [2.05, 4.69) is 85.2 Å². The molecular weight excluding hydrogens is 480 g/mol. The fourth-order valence-electron chi connectivity index (χ4n) is 6.62. The highest BCUT2D eigenvalue weighted by Gasteiger charge is 2.30. The third-order valence-corrected chi connectivity index (χ3v) is 9.10. The number of hydrogen-bond donors (Lipinski definition) is 1. The van der Waals surface area contributed by atoms with E-state index in [1.807, 2.05) is 0 Å². The first-order valence-electron chi connectivity index (χ1n) is 15.3. The molecule has 0 saturated carbocycles. The molecule has 0 spiro atoms. The lowest BCUT2D eigenvalue weighted by Crippen LogP contribution is -2.51. The van der Waals surface area contributed by atoms with Crippen LogP contribution < -0.4 is 5.32 Å². The van der Waals surface area contributed by atoms with Crippen molar-refractivity contribution in [1.29, 1.82) is 0 Å². The Morgan fingerprint density at radius 2 is 1.92 bits per heavy atom. The molecule has 2 saturated heterocycles. The number of likely N-dealkylation sites (tertiary alicyclic amines) is 1. The minimum Gasteiger partial charge on any atom is -0.378 e. The number of aliphatic imine (C=N–C) groups is 2. The first-order chi connectivity index (χ1) is 18.9. The van der Waals surface area contributed by atoms with Crippen molar-refractivity contribution in [2.24, 2.45) is 15.9 Å². The highest BCUT2D eigenvalue weighted by atomic mass is 16.5. The van der Waals surface area contributed by atoms with Gasteiger partial charge in [0.2, 0.25) is 0 Å². The number of rotatable bonds is 8. The highest BCUT2D eigenvalue weighted by molar-refractivity contribution is 6.05. The molecule has 2 bridgehead atoms. The van der Waals surface area contributed by atoms with Gasteiger partial charge in [0.15, 0.2) is 0 Å². The standard InChI is InChI=1S/C34H48N4O/c1-6-35-19-32(28-8-7-9-29-18-33(25(5)16-28)37-22-36-29)34(23(2)3)31-17-27(11-10-24(31)4)26-12-14-38(15-13-26)30-20-39-21-30/h8,10-11,16-17,22-23,26,29-30,35H,6-7,9,12-15,18-21H2,1-5H3/b25-16-,28-8+,34-32+. The third-order valence-electron chi connectivity index (χ3n) is 9.10. The molecule has 4 aliphatic rings. The van der Waals surface area contributed by atoms with Crippen molar-refractivity contribution < 1.29 is 4.74 Å². The molecule has 5 rings (SSSR count). The molecule has 1 atom stereocenters. The fourth-order valence-corrected chi connectivity index (χ4v) is 6.62. The van der Waals surface area contributed by atoms with Crippen LogP contribution in [-0.2, 0) is 4.74 Å². The number of aryl methyl sites for hydroxylation is 1. The summed E-state index contributed by atoms with van der Waals surface area (Å²) in [6, 6.07) is 8.32. The average molecular weight is 529 g/mol. The number of likely N-dealkylation sites (N-methyl/N-ethyl adjacent to an activating group) is 1. The van der Waals surface area contributed by atoms with Gasteiger partial charge in [0.05, 0.1) is 25.3 Å². The number of nitrogens with zero attached hydrogens (tertiary/aromatic N) is 3. The average Bonchev–Trinajstić information content (AvgIpc) is 2.95. The van der Waals surface area contributed by atoms with Crippen LogP contribution in [0.3, 0.4) is 0 Å². The van der Waals surface area contributed by atoms with Crippen LogP contribution in [0, 0.1) is 12.8 Å². The lowest BCUT2D eigenvalue weighted by Gasteiger charge is -2.41. The Labute approximate surface area is 236 Å². The van der Waals surface area contributed by atoms with Crippen molar-refractivity contribution >= 4 is 17.6 Å². The fraction of sp³-hybridized carbons (Fsp3) is 0.588. The van der Waals surface area contributed by atoms with E-state index < -0.39 is 0 Å². The van der Waals surface area contributed by atoms with Crippen molar-refractivity contribution in [2.75, 3.05) is 39.4 Å². The quantitative estimate of drug-likeness (QED) is 0.419. The molecular formula is C34H48N4O. The number of hydrogen-bond acceptors (Lipinski definition) is 5. The van der Waals surface area contributed by atoms with Crippen molar-refractivity contribution in [2.45, 2.75) is 84.7 Å². The van der Waals surface area contributed by atoms with E-state index in [0.29, 0.717) is 23.9 Å². The van der Waals surface area contributed by atoms with Gasteiger partial charge < -0.3 is 10.1 Å². The van der Waals surface area contributed by atoms with Gasteiger partial charge in [0.1, 0.15) is 6.34 Å². The largest absolute Gasteiger partial charge is 0.378 e. The summed E-state index contributed by atoms with van der Waals surface area (Å²) in [5, 5.41) is 3.69. The predicted molar refractivity (Wildman–Crippen MR) is 165 cm³/mol. The van der Waals surface area contributed by atoms with Gasteiger partial charge in [-0.05, 0) is 110 Å². The molecule has 0 amide bonds. The summed E-state index contributed by atoms with van der Waals surface area (Å²) in [4.78, 5) is 11.9. The molecule has 0 aromatic heterocycles. The maximum absolute atomic E-state index is 5.45. The zero-order valence-corrected chi connectivity index (χ0v) is 24.8. The van der Waals surface area contributed by atoms with Crippen LogP contribution in [0.4, 0.5) is 0 Å². The summed E-state index contributed by atoms with van der Waals surface area (Å²) in [5.41, 5.74) is 11.0. The number of allylic oxidation sites excluding steroid dienone is 4. The molecule has 2 fully saturated rings. The molecule has 3 heterocycles. The zero-order valence-electron chi connectivity index (χ0n) is 24.8. The van der Waals surface area contributed by atoms with E-state index in [1.165, 1.54) is 70.6 Å². The summed E-state index contributed by atoms with van der Waals surface area (Å²) in [5.74, 6) is 1.05. The molecule has 5 heteroatoms. The Kier molecular flexibility index (Phi) is 9.32. The summed E-state index contributed by atoms with van der Waals surface area (Å²) in [6.07, 6.45) is 12.2. The minimum atomic E-state index is 0.351. The molecule has 1 aromatic rings. The summed E-state index contributed by atoms with van der Waals surface area (Å²) in [6.45, 7) is 17.5. The second kappa shape index (κ2) is 12.9. The molecule has 1 aliphatic carbocycles. The smallest absolute Gasteiger partial charge is 0.110 e. The lowest BCUT2D eigenvalue weighted by molar-refractivity contribution is -0.0712. The molecule has 0 radical (unpaired) electrons. The summed E-state index contributed by atoms with van der Waals surface area (Å²) in [7, 11) is 0. The summed E-state index contributed by atoms with van der Waals surface area (Å²) < 4.78 is 5.45. The molecule has 5 nitrogen and oxygen atoms in total. The molecule has 1 aromatic carbocycles. The van der Waals surface area contributed by atoms with Gasteiger partial charge in [-0.2, -0.15) is 0 Å². The predicted octanol–water partition coefficient (Wildman–Crippen LogP) is 6.50. The summed E-state index contributed by atoms with van der Waals surface area (Å²) >= 11 is 0. The van der Waals surface area contributed by atoms with Gasteiger partial charge in [-0.3, -0.25) is 9.89 Å². The number of piperidine rings is 1. The van der Waals surface area contributed by atoms with Gasteiger partial charge in [-0.25, -0.2) is 4.99 Å². The topological polar surface area (TPSA) is 49.2 Å².